The van der Waals surface area contributed by atoms with Crippen molar-refractivity contribution in [2.45, 2.75) is 29.5 Å². The average molecular weight is 461 g/mol. The summed E-state index contributed by atoms with van der Waals surface area (Å²) in [4.78, 5) is 55.4. The zero-order valence-corrected chi connectivity index (χ0v) is 18.2. The van der Waals surface area contributed by atoms with E-state index in [1.807, 2.05) is 12.1 Å². The number of rotatable bonds is 4. The maximum atomic E-state index is 13.3. The fraction of sp³-hybridized carbons (Fsp3) is 0.524. The lowest BCUT2D eigenvalue weighted by Gasteiger charge is -2.42. The zero-order chi connectivity index (χ0) is 21.4. The summed E-state index contributed by atoms with van der Waals surface area (Å²) in [5, 5.41) is 0.959. The maximum absolute atomic E-state index is 13.3. The summed E-state index contributed by atoms with van der Waals surface area (Å²) in [6, 6.07) is 3.76. The summed E-state index contributed by atoms with van der Waals surface area (Å²) in [7, 11) is 0. The monoisotopic (exact) mass is 460 g/mol. The molecule has 0 spiro atoms. The minimum absolute atomic E-state index is 0.0107. The van der Waals surface area contributed by atoms with E-state index >= 15 is 0 Å². The average Bonchev–Trinajstić information content (AvgIpc) is 3.52. The highest BCUT2D eigenvalue weighted by Gasteiger charge is 2.69. The second kappa shape index (κ2) is 6.83. The lowest BCUT2D eigenvalue weighted by molar-refractivity contribution is -0.153. The standard InChI is InChI=1S/C21H20N2O6S2/c1-2-28-11(24)7-23-19(25)13-8-6-9(14(13)20(23)26)16-12(8)15(10-4-3-5-29-10)17-18(30-16)22-21(27)31-17/h3-5,8-9,12-16H,2,6-7H2,1H3,(H,22,27)/t8?,9?,12?,13?,14?,15-,16?/m1/s1. The number of nitrogens with zero attached hydrogens (tertiary/aromatic N) is 1. The van der Waals surface area contributed by atoms with Gasteiger partial charge in [-0.2, -0.15) is 0 Å². The van der Waals surface area contributed by atoms with Gasteiger partial charge >= 0.3 is 10.8 Å². The molecule has 2 saturated carbocycles. The zero-order valence-electron chi connectivity index (χ0n) is 16.6. The number of carbonyl (C=O) groups excluding carboxylic acids is 3. The lowest BCUT2D eigenvalue weighted by atomic mass is 9.69. The molecule has 1 saturated heterocycles. The Kier molecular flexibility index (Phi) is 4.27. The Balaban J connectivity index is 1.38. The SMILES string of the molecule is CCOC(=O)CN1C(=O)C2C3CC(C2C1=O)C1C3Sc2[nH]c(=O)sc2[C@@H]1c1ccco1. The van der Waals surface area contributed by atoms with Gasteiger partial charge in [0, 0.05) is 5.25 Å². The van der Waals surface area contributed by atoms with Gasteiger partial charge in [-0.3, -0.25) is 24.1 Å². The van der Waals surface area contributed by atoms with E-state index in [2.05, 4.69) is 4.98 Å². The molecule has 4 heterocycles. The van der Waals surface area contributed by atoms with Gasteiger partial charge in [-0.1, -0.05) is 11.3 Å². The first kappa shape index (κ1) is 19.4. The number of hydrogen-bond acceptors (Lipinski definition) is 8. The third kappa shape index (κ3) is 2.60. The van der Waals surface area contributed by atoms with E-state index in [0.717, 1.165) is 27.0 Å². The van der Waals surface area contributed by atoms with Crippen LogP contribution in [0.15, 0.2) is 32.6 Å². The molecule has 6 unspecified atom stereocenters. The minimum Gasteiger partial charge on any atom is -0.469 e. The Bertz CT molecular complexity index is 1140. The van der Waals surface area contributed by atoms with Crippen LogP contribution in [-0.4, -0.2) is 46.1 Å². The fourth-order valence-electron chi connectivity index (χ4n) is 6.36. The number of likely N-dealkylation sites (tertiary alicyclic amines) is 1. The second-order valence-corrected chi connectivity index (χ2v) is 10.7. The van der Waals surface area contributed by atoms with Crippen molar-refractivity contribution in [2.75, 3.05) is 13.2 Å². The number of carbonyl (C=O) groups is 3. The van der Waals surface area contributed by atoms with E-state index in [1.165, 1.54) is 11.3 Å². The van der Waals surface area contributed by atoms with Crippen LogP contribution < -0.4 is 4.87 Å². The first-order valence-corrected chi connectivity index (χ1v) is 12.1. The number of aromatic amines is 1. The van der Waals surface area contributed by atoms with Crippen LogP contribution >= 0.6 is 23.1 Å². The van der Waals surface area contributed by atoms with E-state index in [1.54, 1.807) is 24.9 Å². The van der Waals surface area contributed by atoms with Crippen LogP contribution in [-0.2, 0) is 19.1 Å². The number of esters is 1. The van der Waals surface area contributed by atoms with E-state index in [0.29, 0.717) is 0 Å². The molecule has 2 aliphatic heterocycles. The molecule has 1 N–H and O–H groups in total. The molecule has 8 nitrogen and oxygen atoms in total. The summed E-state index contributed by atoms with van der Waals surface area (Å²) >= 11 is 2.83. The van der Waals surface area contributed by atoms with Crippen molar-refractivity contribution in [3.63, 3.8) is 0 Å². The number of thioether (sulfide) groups is 1. The van der Waals surface area contributed by atoms with Crippen LogP contribution in [0.25, 0.3) is 0 Å². The molecule has 2 amide bonds. The molecule has 31 heavy (non-hydrogen) atoms. The highest BCUT2D eigenvalue weighted by Crippen LogP contribution is 2.68. The molecule has 3 fully saturated rings. The van der Waals surface area contributed by atoms with Crippen molar-refractivity contribution in [2.24, 2.45) is 29.6 Å². The summed E-state index contributed by atoms with van der Waals surface area (Å²) in [6.45, 7) is 1.59. The number of nitrogens with one attached hydrogen (secondary N) is 1. The summed E-state index contributed by atoms with van der Waals surface area (Å²) < 4.78 is 10.7. The number of fused-ring (bicyclic) bond motifs is 9. The highest BCUT2D eigenvalue weighted by atomic mass is 32.2. The number of amides is 2. The largest absolute Gasteiger partial charge is 0.469 e. The number of thiazole rings is 1. The van der Waals surface area contributed by atoms with Crippen molar-refractivity contribution >= 4 is 40.9 Å². The van der Waals surface area contributed by atoms with Crippen LogP contribution in [0.4, 0.5) is 0 Å². The Morgan fingerprint density at radius 1 is 1.26 bits per heavy atom. The second-order valence-electron chi connectivity index (χ2n) is 8.54. The van der Waals surface area contributed by atoms with Gasteiger partial charge in [0.15, 0.2) is 0 Å². The molecule has 0 aromatic carbocycles. The van der Waals surface area contributed by atoms with E-state index < -0.39 is 17.8 Å². The number of hydrogen-bond donors (Lipinski definition) is 1. The van der Waals surface area contributed by atoms with Crippen molar-refractivity contribution < 1.29 is 23.5 Å². The predicted molar refractivity (Wildman–Crippen MR) is 111 cm³/mol. The van der Waals surface area contributed by atoms with Crippen molar-refractivity contribution in [3.8, 4) is 0 Å². The molecular formula is C21H20N2O6S2. The molecule has 2 bridgehead atoms. The van der Waals surface area contributed by atoms with Gasteiger partial charge in [-0.05, 0) is 43.2 Å². The molecule has 7 atom stereocenters. The van der Waals surface area contributed by atoms with E-state index in [-0.39, 0.29) is 58.8 Å². The molecule has 4 aliphatic rings. The normalized spacial score (nSPS) is 35.3. The number of furan rings is 1. The Hall–Kier alpha value is -2.33. The molecule has 10 heteroatoms. The van der Waals surface area contributed by atoms with Gasteiger partial charge in [-0.15, -0.1) is 11.8 Å². The topological polar surface area (TPSA) is 110 Å². The van der Waals surface area contributed by atoms with Gasteiger partial charge in [-0.25, -0.2) is 0 Å². The quantitative estimate of drug-likeness (QED) is 0.549. The molecule has 2 aliphatic carbocycles. The van der Waals surface area contributed by atoms with Gasteiger partial charge < -0.3 is 14.1 Å². The van der Waals surface area contributed by atoms with E-state index in [4.69, 9.17) is 9.15 Å². The lowest BCUT2D eigenvalue weighted by Crippen LogP contribution is -2.42. The van der Waals surface area contributed by atoms with Crippen LogP contribution in [0.3, 0.4) is 0 Å². The Labute approximate surface area is 185 Å². The maximum Gasteiger partial charge on any atom is 0.326 e. The highest BCUT2D eigenvalue weighted by molar-refractivity contribution is 8.00. The van der Waals surface area contributed by atoms with Crippen molar-refractivity contribution in [3.05, 3.63) is 38.7 Å². The van der Waals surface area contributed by atoms with Crippen LogP contribution in [0.1, 0.15) is 29.9 Å². The van der Waals surface area contributed by atoms with Gasteiger partial charge in [0.2, 0.25) is 11.8 Å². The van der Waals surface area contributed by atoms with Crippen LogP contribution in [0.2, 0.25) is 0 Å². The molecule has 2 aromatic rings. The molecule has 6 rings (SSSR count). The summed E-state index contributed by atoms with van der Waals surface area (Å²) in [5.74, 6) is -1.07. The number of H-pyrrole nitrogens is 1. The summed E-state index contributed by atoms with van der Waals surface area (Å²) in [5.41, 5.74) is 0. The molecular weight excluding hydrogens is 440 g/mol. The third-order valence-electron chi connectivity index (χ3n) is 7.26. The minimum atomic E-state index is -0.559. The van der Waals surface area contributed by atoms with Crippen LogP contribution in [0.5, 0.6) is 0 Å². The molecule has 0 radical (unpaired) electrons. The van der Waals surface area contributed by atoms with Gasteiger partial charge in [0.1, 0.15) is 12.3 Å². The molecule has 2 aromatic heterocycles. The Morgan fingerprint density at radius 3 is 2.74 bits per heavy atom. The first-order chi connectivity index (χ1) is 15.0. The molecule has 162 valence electrons. The number of imide groups is 1. The summed E-state index contributed by atoms with van der Waals surface area (Å²) in [6.07, 6.45) is 2.43. The number of aromatic nitrogens is 1. The predicted octanol–water partition coefficient (Wildman–Crippen LogP) is 2.07. The smallest absolute Gasteiger partial charge is 0.326 e. The third-order valence-corrected chi connectivity index (χ3v) is 9.85. The van der Waals surface area contributed by atoms with Crippen molar-refractivity contribution in [1.29, 1.82) is 0 Å². The van der Waals surface area contributed by atoms with Crippen LogP contribution in [0, 0.1) is 29.6 Å². The van der Waals surface area contributed by atoms with Crippen molar-refractivity contribution in [1.82, 2.24) is 9.88 Å². The van der Waals surface area contributed by atoms with Gasteiger partial charge in [0.05, 0.1) is 40.5 Å². The number of ether oxygens (including phenoxy) is 1. The van der Waals surface area contributed by atoms with E-state index in [9.17, 15) is 19.2 Å². The fourth-order valence-corrected chi connectivity index (χ4v) is 9.23. The Morgan fingerprint density at radius 2 is 2.03 bits per heavy atom. The van der Waals surface area contributed by atoms with Gasteiger partial charge in [0.25, 0.3) is 0 Å². The first-order valence-electron chi connectivity index (χ1n) is 10.4.